The van der Waals surface area contributed by atoms with Crippen LogP contribution in [0.4, 0.5) is 14.9 Å². The van der Waals surface area contributed by atoms with Gasteiger partial charge >= 0.3 is 12.0 Å². The molecule has 1 aromatic heterocycles. The third-order valence-corrected chi connectivity index (χ3v) is 5.45. The number of ether oxygens (including phenoxy) is 2. The molecule has 0 bridgehead atoms. The molecule has 1 fully saturated rings. The Bertz CT molecular complexity index is 1330. The molecule has 36 heavy (non-hydrogen) atoms. The van der Waals surface area contributed by atoms with Crippen LogP contribution in [0.1, 0.15) is 27.4 Å². The first kappa shape index (κ1) is 24.5. The number of methoxy groups -OCH3 is 1. The van der Waals surface area contributed by atoms with Crippen LogP contribution in [0.15, 0.2) is 64.7 Å². The summed E-state index contributed by atoms with van der Waals surface area (Å²) in [5, 5.41) is 2.57. The van der Waals surface area contributed by atoms with Crippen molar-refractivity contribution in [1.29, 1.82) is 0 Å². The number of esters is 1. The molecular formula is C26H24FN3O6. The highest BCUT2D eigenvalue weighted by atomic mass is 19.1. The maximum atomic E-state index is 13.2. The summed E-state index contributed by atoms with van der Waals surface area (Å²) in [5.41, 5.74) is 2.27. The Morgan fingerprint density at radius 3 is 2.56 bits per heavy atom. The number of imide groups is 1. The van der Waals surface area contributed by atoms with Gasteiger partial charge in [0.1, 0.15) is 29.6 Å². The van der Waals surface area contributed by atoms with Gasteiger partial charge in [-0.2, -0.15) is 0 Å². The number of nitrogens with zero attached hydrogens (tertiary/aromatic N) is 2. The lowest BCUT2D eigenvalue weighted by Crippen LogP contribution is -2.30. The van der Waals surface area contributed by atoms with Crippen molar-refractivity contribution in [1.82, 2.24) is 10.2 Å². The van der Waals surface area contributed by atoms with Gasteiger partial charge in [0.25, 0.3) is 5.91 Å². The molecule has 1 aliphatic heterocycles. The van der Waals surface area contributed by atoms with Gasteiger partial charge in [0.15, 0.2) is 0 Å². The Hall–Kier alpha value is -4.60. The predicted octanol–water partition coefficient (Wildman–Crippen LogP) is 3.94. The van der Waals surface area contributed by atoms with Crippen molar-refractivity contribution in [2.75, 3.05) is 26.1 Å². The van der Waals surface area contributed by atoms with E-state index in [0.717, 1.165) is 16.2 Å². The molecule has 0 atom stereocenters. The molecule has 3 amide bonds. The van der Waals surface area contributed by atoms with Crippen LogP contribution in [0.2, 0.25) is 0 Å². The minimum atomic E-state index is -0.659. The number of urea groups is 1. The highest BCUT2D eigenvalue weighted by Gasteiger charge is 2.34. The first-order valence-electron chi connectivity index (χ1n) is 11.0. The molecule has 186 valence electrons. The molecule has 1 saturated heterocycles. The number of halogens is 1. The lowest BCUT2D eigenvalue weighted by molar-refractivity contribution is -0.123. The van der Waals surface area contributed by atoms with E-state index >= 15 is 0 Å². The van der Waals surface area contributed by atoms with Crippen LogP contribution in [0.25, 0.3) is 6.08 Å². The molecule has 3 aromatic rings. The summed E-state index contributed by atoms with van der Waals surface area (Å²) >= 11 is 0. The number of nitrogens with one attached hydrogen (secondary N) is 1. The number of furan rings is 1. The zero-order valence-electron chi connectivity index (χ0n) is 19.9. The highest BCUT2D eigenvalue weighted by molar-refractivity contribution is 6.14. The fourth-order valence-electron chi connectivity index (χ4n) is 3.49. The molecule has 0 radical (unpaired) electrons. The summed E-state index contributed by atoms with van der Waals surface area (Å²) in [6.45, 7) is 0.0211. The van der Waals surface area contributed by atoms with E-state index in [4.69, 9.17) is 9.15 Å². The Labute approximate surface area is 206 Å². The predicted molar refractivity (Wildman–Crippen MR) is 129 cm³/mol. The van der Waals surface area contributed by atoms with E-state index in [0.29, 0.717) is 11.3 Å². The van der Waals surface area contributed by atoms with Gasteiger partial charge < -0.3 is 24.1 Å². The fraction of sp³-hybridized carbons (Fsp3) is 0.192. The zero-order chi connectivity index (χ0) is 25.8. The average Bonchev–Trinajstić information content (AvgIpc) is 3.44. The first-order valence-corrected chi connectivity index (χ1v) is 11.0. The summed E-state index contributed by atoms with van der Waals surface area (Å²) in [6, 6.07) is 13.7. The Morgan fingerprint density at radius 1 is 1.11 bits per heavy atom. The summed E-state index contributed by atoms with van der Waals surface area (Å²) in [5.74, 6) is -0.856. The molecule has 1 aliphatic rings. The zero-order valence-corrected chi connectivity index (χ0v) is 19.9. The molecule has 4 rings (SSSR count). The van der Waals surface area contributed by atoms with Crippen LogP contribution in [0.5, 0.6) is 5.75 Å². The Balaban J connectivity index is 1.56. The van der Waals surface area contributed by atoms with Crippen molar-refractivity contribution >= 4 is 29.7 Å². The minimum Gasteiger partial charge on any atom is -0.488 e. The number of benzene rings is 2. The summed E-state index contributed by atoms with van der Waals surface area (Å²) in [6.07, 6.45) is 1.53. The number of anilines is 1. The van der Waals surface area contributed by atoms with Crippen molar-refractivity contribution in [3.8, 4) is 5.75 Å². The molecule has 0 unspecified atom stereocenters. The summed E-state index contributed by atoms with van der Waals surface area (Å²) in [4.78, 5) is 39.9. The quantitative estimate of drug-likeness (QED) is 0.288. The van der Waals surface area contributed by atoms with Crippen molar-refractivity contribution < 1.29 is 32.7 Å². The second-order valence-corrected chi connectivity index (χ2v) is 8.17. The van der Waals surface area contributed by atoms with E-state index in [-0.39, 0.29) is 36.2 Å². The second-order valence-electron chi connectivity index (χ2n) is 8.17. The normalized spacial score (nSPS) is 14.2. The number of amides is 3. The fourth-order valence-corrected chi connectivity index (χ4v) is 3.49. The van der Waals surface area contributed by atoms with Crippen molar-refractivity contribution in [2.45, 2.75) is 13.2 Å². The van der Waals surface area contributed by atoms with E-state index in [9.17, 15) is 18.8 Å². The molecule has 0 saturated carbocycles. The van der Waals surface area contributed by atoms with Gasteiger partial charge in [0.05, 0.1) is 13.7 Å². The second kappa shape index (κ2) is 10.3. The maximum Gasteiger partial charge on any atom is 0.373 e. The highest BCUT2D eigenvalue weighted by Crippen LogP contribution is 2.29. The van der Waals surface area contributed by atoms with E-state index in [2.05, 4.69) is 10.1 Å². The van der Waals surface area contributed by atoms with E-state index in [1.807, 2.05) is 31.1 Å². The smallest absolute Gasteiger partial charge is 0.373 e. The van der Waals surface area contributed by atoms with Crippen molar-refractivity contribution in [3.05, 3.63) is 88.8 Å². The number of carbonyl (C=O) groups is 3. The lowest BCUT2D eigenvalue weighted by atomic mass is 10.1. The van der Waals surface area contributed by atoms with Crippen LogP contribution in [0, 0.1) is 5.82 Å². The van der Waals surface area contributed by atoms with Gasteiger partial charge in [-0.25, -0.2) is 14.0 Å². The Morgan fingerprint density at radius 2 is 1.86 bits per heavy atom. The third kappa shape index (κ3) is 5.38. The van der Waals surface area contributed by atoms with Crippen molar-refractivity contribution in [2.24, 2.45) is 0 Å². The van der Waals surface area contributed by atoms with E-state index in [1.165, 1.54) is 37.5 Å². The number of carbonyl (C=O) groups excluding carboxylic acids is 3. The summed E-state index contributed by atoms with van der Waals surface area (Å²) in [7, 11) is 4.99. The number of hydrogen-bond acceptors (Lipinski definition) is 7. The van der Waals surface area contributed by atoms with Gasteiger partial charge in [0.2, 0.25) is 5.76 Å². The standard InChI is InChI=1S/C26H24FN3O6/c1-29(2)19-9-6-17(23(13-19)35-15-16-4-7-18(27)8-5-16)12-21-24(31)30(26(33)28-21)14-20-10-11-22(36-20)25(32)34-3/h4-13H,14-15H2,1-3H3,(H,28,33). The van der Waals surface area contributed by atoms with Crippen molar-refractivity contribution in [3.63, 3.8) is 0 Å². The maximum absolute atomic E-state index is 13.2. The molecular weight excluding hydrogens is 469 g/mol. The molecule has 9 nitrogen and oxygen atoms in total. The van der Waals surface area contributed by atoms with Crippen LogP contribution in [-0.4, -0.2) is 44.0 Å². The summed E-state index contributed by atoms with van der Waals surface area (Å²) < 4.78 is 29.2. The van der Waals surface area contributed by atoms with E-state index < -0.39 is 17.9 Å². The number of hydrogen-bond donors (Lipinski definition) is 1. The van der Waals surface area contributed by atoms with Gasteiger partial charge in [-0.15, -0.1) is 0 Å². The van der Waals surface area contributed by atoms with Crippen LogP contribution < -0.4 is 15.0 Å². The van der Waals surface area contributed by atoms with Gasteiger partial charge in [-0.05, 0) is 48.0 Å². The minimum absolute atomic E-state index is 0.0285. The molecule has 10 heteroatoms. The topological polar surface area (TPSA) is 101 Å². The average molecular weight is 493 g/mol. The van der Waals surface area contributed by atoms with Gasteiger partial charge in [-0.3, -0.25) is 9.69 Å². The van der Waals surface area contributed by atoms with E-state index in [1.54, 1.807) is 18.2 Å². The molecule has 0 spiro atoms. The van der Waals surface area contributed by atoms with Crippen LogP contribution in [-0.2, 0) is 22.7 Å². The van der Waals surface area contributed by atoms with Crippen LogP contribution in [0.3, 0.4) is 0 Å². The third-order valence-electron chi connectivity index (χ3n) is 5.45. The van der Waals surface area contributed by atoms with Crippen LogP contribution >= 0.6 is 0 Å². The number of rotatable bonds is 8. The molecule has 2 heterocycles. The first-order chi connectivity index (χ1) is 17.2. The SMILES string of the molecule is COC(=O)c1ccc(CN2C(=O)NC(=Cc3ccc(N(C)C)cc3OCc3ccc(F)cc3)C2=O)o1. The molecule has 0 aliphatic carbocycles. The largest absolute Gasteiger partial charge is 0.488 e. The molecule has 1 N–H and O–H groups in total. The lowest BCUT2D eigenvalue weighted by Gasteiger charge is -2.16. The molecule has 2 aromatic carbocycles. The monoisotopic (exact) mass is 493 g/mol. The van der Waals surface area contributed by atoms with Gasteiger partial charge in [-0.1, -0.05) is 12.1 Å². The van der Waals surface area contributed by atoms with Gasteiger partial charge in [0, 0.05) is 31.4 Å². The Kier molecular flexibility index (Phi) is 7.05.